The fourth-order valence-corrected chi connectivity index (χ4v) is 3.72. The summed E-state index contributed by atoms with van der Waals surface area (Å²) in [5, 5.41) is 13.3. The van der Waals surface area contributed by atoms with Crippen molar-refractivity contribution in [2.75, 3.05) is 11.9 Å². The second kappa shape index (κ2) is 10.6. The van der Waals surface area contributed by atoms with E-state index in [0.29, 0.717) is 34.5 Å². The minimum atomic E-state index is -0.513. The maximum Gasteiger partial charge on any atom is 0.268 e. The van der Waals surface area contributed by atoms with Crippen molar-refractivity contribution in [2.24, 2.45) is 0 Å². The topological polar surface area (TPSA) is 75.0 Å². The molecule has 1 N–H and O–H groups in total. The Morgan fingerprint density at radius 3 is 2.80 bits per heavy atom. The summed E-state index contributed by atoms with van der Waals surface area (Å²) in [7, 11) is 0. The minimum absolute atomic E-state index is 0.0228. The molecule has 3 aromatic rings. The highest BCUT2D eigenvalue weighted by atomic mass is 35.5. The molecule has 152 valence electrons. The molecule has 2 aromatic carbocycles. The minimum Gasteiger partial charge on any atom is -0.493 e. The first-order valence-corrected chi connectivity index (χ1v) is 10.6. The Hall–Kier alpha value is -3.14. The lowest BCUT2D eigenvalue weighted by Crippen LogP contribution is -2.13. The summed E-state index contributed by atoms with van der Waals surface area (Å²) in [6.45, 7) is 2.58. The number of nitrogens with one attached hydrogen (secondary N) is 1. The largest absolute Gasteiger partial charge is 0.493 e. The van der Waals surface area contributed by atoms with Crippen LogP contribution in [0, 0.1) is 11.3 Å². The molecular formula is C23H20ClN3O2S. The maximum atomic E-state index is 12.6. The van der Waals surface area contributed by atoms with E-state index in [1.54, 1.807) is 12.3 Å². The molecule has 0 fully saturated rings. The lowest BCUT2D eigenvalue weighted by Gasteiger charge is -2.08. The summed E-state index contributed by atoms with van der Waals surface area (Å²) in [5.74, 6) is 0.123. The van der Waals surface area contributed by atoms with E-state index in [1.807, 2.05) is 55.5 Å². The van der Waals surface area contributed by atoms with Crippen LogP contribution in [0.3, 0.4) is 0 Å². The van der Waals surface area contributed by atoms with E-state index in [2.05, 4.69) is 10.3 Å². The number of para-hydroxylation sites is 1. The van der Waals surface area contributed by atoms with Gasteiger partial charge in [0.15, 0.2) is 5.13 Å². The van der Waals surface area contributed by atoms with Crippen molar-refractivity contribution in [3.63, 3.8) is 0 Å². The van der Waals surface area contributed by atoms with Gasteiger partial charge in [-0.15, -0.1) is 11.3 Å². The smallest absolute Gasteiger partial charge is 0.268 e. The van der Waals surface area contributed by atoms with E-state index in [4.69, 9.17) is 16.3 Å². The first-order chi connectivity index (χ1) is 14.6. The summed E-state index contributed by atoms with van der Waals surface area (Å²) in [6.07, 6.45) is 4.71. The number of nitriles is 1. The van der Waals surface area contributed by atoms with Crippen LogP contribution in [0.1, 0.15) is 29.3 Å². The van der Waals surface area contributed by atoms with E-state index in [9.17, 15) is 10.1 Å². The van der Waals surface area contributed by atoms with Gasteiger partial charge in [-0.25, -0.2) is 4.98 Å². The lowest BCUT2D eigenvalue weighted by atomic mass is 10.1. The molecule has 0 aliphatic rings. The van der Waals surface area contributed by atoms with Gasteiger partial charge in [0.1, 0.15) is 17.4 Å². The van der Waals surface area contributed by atoms with Gasteiger partial charge in [0.25, 0.3) is 5.91 Å². The van der Waals surface area contributed by atoms with E-state index in [1.165, 1.54) is 17.4 Å². The first-order valence-electron chi connectivity index (χ1n) is 9.43. The highest BCUT2D eigenvalue weighted by Crippen LogP contribution is 2.26. The number of hydrogen-bond donors (Lipinski definition) is 1. The summed E-state index contributed by atoms with van der Waals surface area (Å²) in [4.78, 5) is 17.8. The summed E-state index contributed by atoms with van der Waals surface area (Å²) in [6, 6.07) is 16.9. The van der Waals surface area contributed by atoms with Crippen LogP contribution in [-0.2, 0) is 11.2 Å². The molecule has 0 aliphatic carbocycles. The van der Waals surface area contributed by atoms with Crippen molar-refractivity contribution >= 4 is 40.1 Å². The number of amides is 1. The van der Waals surface area contributed by atoms with E-state index in [0.717, 1.165) is 16.9 Å². The standard InChI is InChI=1S/C23H20ClN3O2S/c1-2-11-29-21-10-6-4-8-17(21)12-18(14-25)22(28)27-23-26-15-19(30-23)13-16-7-3-5-9-20(16)24/h3-10,12,15H,2,11,13H2,1H3,(H,26,27,28). The average Bonchev–Trinajstić information content (AvgIpc) is 3.19. The molecule has 5 nitrogen and oxygen atoms in total. The van der Waals surface area contributed by atoms with Crippen LogP contribution in [0.4, 0.5) is 5.13 Å². The summed E-state index contributed by atoms with van der Waals surface area (Å²) < 4.78 is 5.69. The average molecular weight is 438 g/mol. The molecule has 0 saturated carbocycles. The van der Waals surface area contributed by atoms with Crippen LogP contribution in [0.2, 0.25) is 5.02 Å². The molecule has 1 heterocycles. The van der Waals surface area contributed by atoms with Crippen molar-refractivity contribution in [1.82, 2.24) is 4.98 Å². The van der Waals surface area contributed by atoms with Gasteiger partial charge in [-0.3, -0.25) is 10.1 Å². The van der Waals surface area contributed by atoms with Gasteiger partial charge in [-0.1, -0.05) is 54.9 Å². The SMILES string of the molecule is CCCOc1ccccc1C=C(C#N)C(=O)Nc1ncc(Cc2ccccc2Cl)s1. The van der Waals surface area contributed by atoms with Gasteiger partial charge in [0.05, 0.1) is 6.61 Å². The molecule has 0 atom stereocenters. The number of thiazole rings is 1. The molecule has 1 amide bonds. The first kappa shape index (κ1) is 21.6. The Morgan fingerprint density at radius 2 is 2.03 bits per heavy atom. The van der Waals surface area contributed by atoms with Crippen LogP contribution in [0.25, 0.3) is 6.08 Å². The van der Waals surface area contributed by atoms with Crippen molar-refractivity contribution in [2.45, 2.75) is 19.8 Å². The van der Waals surface area contributed by atoms with Crippen molar-refractivity contribution in [3.8, 4) is 11.8 Å². The third kappa shape index (κ3) is 5.69. The quantitative estimate of drug-likeness (QED) is 0.361. The molecule has 7 heteroatoms. The summed E-state index contributed by atoms with van der Waals surface area (Å²) in [5.41, 5.74) is 1.64. The fourth-order valence-electron chi connectivity index (χ4n) is 2.69. The highest BCUT2D eigenvalue weighted by molar-refractivity contribution is 7.15. The number of anilines is 1. The molecule has 0 radical (unpaired) electrons. The highest BCUT2D eigenvalue weighted by Gasteiger charge is 2.14. The second-order valence-corrected chi connectivity index (χ2v) is 7.93. The van der Waals surface area contributed by atoms with Crippen molar-refractivity contribution < 1.29 is 9.53 Å². The molecular weight excluding hydrogens is 418 g/mol. The molecule has 1 aromatic heterocycles. The zero-order valence-corrected chi connectivity index (χ0v) is 18.0. The molecule has 0 unspecified atom stereocenters. The molecule has 0 aliphatic heterocycles. The van der Waals surface area contributed by atoms with Gasteiger partial charge >= 0.3 is 0 Å². The number of rotatable bonds is 8. The van der Waals surface area contributed by atoms with E-state index in [-0.39, 0.29) is 5.57 Å². The maximum absolute atomic E-state index is 12.6. The van der Waals surface area contributed by atoms with Gasteiger partial charge in [-0.05, 0) is 30.2 Å². The zero-order chi connectivity index (χ0) is 21.3. The Balaban J connectivity index is 1.72. The van der Waals surface area contributed by atoms with Crippen molar-refractivity contribution in [3.05, 3.63) is 81.3 Å². The molecule has 3 rings (SSSR count). The monoisotopic (exact) mass is 437 g/mol. The Labute approximate surface area is 184 Å². The third-order valence-electron chi connectivity index (χ3n) is 4.14. The molecule has 0 bridgehead atoms. The van der Waals surface area contributed by atoms with Crippen LogP contribution >= 0.6 is 22.9 Å². The Morgan fingerprint density at radius 1 is 1.27 bits per heavy atom. The predicted octanol–water partition coefficient (Wildman–Crippen LogP) is 5.72. The number of benzene rings is 2. The number of hydrogen-bond acceptors (Lipinski definition) is 5. The van der Waals surface area contributed by atoms with Crippen LogP contribution in [-0.4, -0.2) is 17.5 Å². The van der Waals surface area contributed by atoms with E-state index < -0.39 is 5.91 Å². The number of nitrogens with zero attached hydrogens (tertiary/aromatic N) is 2. The normalized spacial score (nSPS) is 11.0. The Kier molecular flexibility index (Phi) is 7.61. The van der Waals surface area contributed by atoms with Gasteiger partial charge in [0.2, 0.25) is 0 Å². The van der Waals surface area contributed by atoms with Gasteiger partial charge < -0.3 is 4.74 Å². The number of aromatic nitrogens is 1. The second-order valence-electron chi connectivity index (χ2n) is 6.41. The van der Waals surface area contributed by atoms with Crippen LogP contribution in [0.15, 0.2) is 60.3 Å². The van der Waals surface area contributed by atoms with E-state index >= 15 is 0 Å². The third-order valence-corrected chi connectivity index (χ3v) is 5.42. The number of carbonyl (C=O) groups excluding carboxylic acids is 1. The van der Waals surface area contributed by atoms with Gasteiger partial charge in [-0.2, -0.15) is 5.26 Å². The molecule has 30 heavy (non-hydrogen) atoms. The number of halogens is 1. The number of ether oxygens (including phenoxy) is 1. The van der Waals surface area contributed by atoms with Crippen molar-refractivity contribution in [1.29, 1.82) is 5.26 Å². The molecule has 0 spiro atoms. The fraction of sp³-hybridized carbons (Fsp3) is 0.174. The lowest BCUT2D eigenvalue weighted by molar-refractivity contribution is -0.112. The van der Waals surface area contributed by atoms with Gasteiger partial charge in [0, 0.05) is 28.1 Å². The predicted molar refractivity (Wildman–Crippen MR) is 121 cm³/mol. The molecule has 0 saturated heterocycles. The summed E-state index contributed by atoms with van der Waals surface area (Å²) >= 11 is 7.56. The number of carbonyl (C=O) groups is 1. The Bertz CT molecular complexity index is 1100. The van der Waals surface area contributed by atoms with Crippen LogP contribution in [0.5, 0.6) is 5.75 Å². The van der Waals surface area contributed by atoms with Crippen LogP contribution < -0.4 is 10.1 Å². The zero-order valence-electron chi connectivity index (χ0n) is 16.4.